The number of thiophene rings is 1. The van der Waals surface area contributed by atoms with Crippen molar-refractivity contribution in [3.63, 3.8) is 0 Å². The zero-order chi connectivity index (χ0) is 34.4. The van der Waals surface area contributed by atoms with E-state index in [9.17, 15) is 0 Å². The van der Waals surface area contributed by atoms with Crippen LogP contribution in [0.25, 0.3) is 75.1 Å². The Bertz CT molecular complexity index is 2880. The first kappa shape index (κ1) is 30.4. The molecule has 0 radical (unpaired) electrons. The fraction of sp³-hybridized carbons (Fsp3) is 0. The molecular weight excluding hydrogens is 647 g/mol. The molecule has 1 heterocycles. The van der Waals surface area contributed by atoms with Gasteiger partial charge in [-0.2, -0.15) is 0 Å². The second-order valence-corrected chi connectivity index (χ2v) is 14.4. The molecule has 0 aliphatic rings. The molecule has 0 amide bonds. The Balaban J connectivity index is 1.13. The van der Waals surface area contributed by atoms with Crippen LogP contribution in [0.2, 0.25) is 0 Å². The second kappa shape index (κ2) is 12.7. The van der Waals surface area contributed by atoms with Gasteiger partial charge in [-0.15, -0.1) is 11.3 Å². The van der Waals surface area contributed by atoms with Crippen LogP contribution in [0.1, 0.15) is 0 Å². The average molecular weight is 680 g/mol. The van der Waals surface area contributed by atoms with Crippen molar-refractivity contribution < 1.29 is 0 Å². The van der Waals surface area contributed by atoms with Crippen molar-refractivity contribution >= 4 is 70.1 Å². The Labute approximate surface area is 307 Å². The molecule has 0 spiro atoms. The van der Waals surface area contributed by atoms with E-state index >= 15 is 0 Å². The van der Waals surface area contributed by atoms with Crippen LogP contribution in [-0.2, 0) is 0 Å². The molecule has 10 aromatic rings. The highest BCUT2D eigenvalue weighted by Gasteiger charge is 2.19. The molecule has 0 unspecified atom stereocenters. The highest BCUT2D eigenvalue weighted by molar-refractivity contribution is 7.26. The van der Waals surface area contributed by atoms with E-state index in [-0.39, 0.29) is 0 Å². The largest absolute Gasteiger partial charge is 0.309 e. The third-order valence-corrected chi connectivity index (χ3v) is 11.5. The summed E-state index contributed by atoms with van der Waals surface area (Å²) in [6.07, 6.45) is 0. The van der Waals surface area contributed by atoms with Crippen molar-refractivity contribution in [2.75, 3.05) is 4.90 Å². The first-order valence-corrected chi connectivity index (χ1v) is 18.6. The summed E-state index contributed by atoms with van der Waals surface area (Å²) in [4.78, 5) is 2.42. The number of nitrogens with zero attached hydrogens (tertiary/aromatic N) is 1. The van der Waals surface area contributed by atoms with E-state index in [2.05, 4.69) is 205 Å². The van der Waals surface area contributed by atoms with Crippen LogP contribution in [-0.4, -0.2) is 0 Å². The van der Waals surface area contributed by atoms with Crippen molar-refractivity contribution in [3.05, 3.63) is 200 Å². The van der Waals surface area contributed by atoms with Gasteiger partial charge in [0.05, 0.1) is 10.4 Å². The van der Waals surface area contributed by atoms with Crippen LogP contribution in [0.5, 0.6) is 0 Å². The summed E-state index contributed by atoms with van der Waals surface area (Å²) in [5.74, 6) is 0. The van der Waals surface area contributed by atoms with Gasteiger partial charge in [0.25, 0.3) is 0 Å². The number of rotatable bonds is 6. The number of fused-ring (bicyclic) bond motifs is 5. The first-order valence-electron chi connectivity index (χ1n) is 17.8. The molecule has 9 aromatic carbocycles. The maximum Gasteiger partial charge on any atom is 0.0640 e. The maximum atomic E-state index is 2.42. The molecule has 0 N–H and O–H groups in total. The summed E-state index contributed by atoms with van der Waals surface area (Å²) in [7, 11) is 0. The van der Waals surface area contributed by atoms with E-state index in [1.165, 1.54) is 80.8 Å². The minimum Gasteiger partial charge on any atom is -0.309 e. The third kappa shape index (κ3) is 5.24. The van der Waals surface area contributed by atoms with Crippen LogP contribution in [0.3, 0.4) is 0 Å². The van der Waals surface area contributed by atoms with Crippen molar-refractivity contribution in [3.8, 4) is 33.4 Å². The molecule has 0 aliphatic heterocycles. The van der Waals surface area contributed by atoms with Gasteiger partial charge >= 0.3 is 0 Å². The van der Waals surface area contributed by atoms with Gasteiger partial charge in [0.1, 0.15) is 0 Å². The molecule has 0 aliphatic carbocycles. The predicted molar refractivity (Wildman–Crippen MR) is 225 cm³/mol. The van der Waals surface area contributed by atoms with Gasteiger partial charge in [-0.3, -0.25) is 0 Å². The van der Waals surface area contributed by atoms with E-state index in [0.29, 0.717) is 0 Å². The van der Waals surface area contributed by atoms with Crippen molar-refractivity contribution in [2.24, 2.45) is 0 Å². The van der Waals surface area contributed by atoms with E-state index < -0.39 is 0 Å². The van der Waals surface area contributed by atoms with E-state index in [1.54, 1.807) is 0 Å². The van der Waals surface area contributed by atoms with Gasteiger partial charge in [-0.05, 0) is 103 Å². The van der Waals surface area contributed by atoms with Crippen LogP contribution in [0.4, 0.5) is 17.1 Å². The molecule has 52 heavy (non-hydrogen) atoms. The SMILES string of the molecule is c1ccc(-c2cc3ccccc3cc2-c2ccc(N(c3ccc(-c4cccc5ccccc45)cc3)c3cccc4c3sc3ccccc34)cc2)cc1. The van der Waals surface area contributed by atoms with Gasteiger partial charge in [0, 0.05) is 26.8 Å². The lowest BCUT2D eigenvalue weighted by Crippen LogP contribution is -2.10. The smallest absolute Gasteiger partial charge is 0.0640 e. The lowest BCUT2D eigenvalue weighted by Gasteiger charge is -2.26. The summed E-state index contributed by atoms with van der Waals surface area (Å²) in [5.41, 5.74) is 10.8. The van der Waals surface area contributed by atoms with Gasteiger partial charge in [-0.1, -0.05) is 152 Å². The standard InChI is InChI=1S/C50H33NS/c1-2-12-35(13-3-1)46-32-38-15-4-5-16-39(38)33-47(46)37-26-30-41(31-27-37)51(48-22-11-21-45-44-19-8-9-23-49(44)52-50(45)48)40-28-24-36(25-29-40)43-20-10-17-34-14-6-7-18-42(34)43/h1-33H. The zero-order valence-electron chi connectivity index (χ0n) is 28.4. The normalized spacial score (nSPS) is 11.5. The first-order chi connectivity index (χ1) is 25.8. The Morgan fingerprint density at radius 2 is 0.827 bits per heavy atom. The van der Waals surface area contributed by atoms with Crippen molar-refractivity contribution in [2.45, 2.75) is 0 Å². The molecule has 0 fully saturated rings. The highest BCUT2D eigenvalue weighted by atomic mass is 32.1. The molecule has 244 valence electrons. The Morgan fingerprint density at radius 1 is 0.327 bits per heavy atom. The fourth-order valence-corrected chi connectivity index (χ4v) is 8.93. The fourth-order valence-electron chi connectivity index (χ4n) is 7.73. The van der Waals surface area contributed by atoms with Crippen LogP contribution < -0.4 is 4.90 Å². The molecule has 2 heteroatoms. The van der Waals surface area contributed by atoms with Crippen molar-refractivity contribution in [1.29, 1.82) is 0 Å². The highest BCUT2D eigenvalue weighted by Crippen LogP contribution is 2.46. The van der Waals surface area contributed by atoms with E-state index in [1.807, 2.05) is 11.3 Å². The topological polar surface area (TPSA) is 3.24 Å². The molecule has 0 bridgehead atoms. The lowest BCUT2D eigenvalue weighted by atomic mass is 9.91. The molecule has 0 saturated heterocycles. The maximum absolute atomic E-state index is 2.42. The summed E-state index contributed by atoms with van der Waals surface area (Å²) < 4.78 is 2.59. The minimum absolute atomic E-state index is 1.12. The molecule has 0 saturated carbocycles. The van der Waals surface area contributed by atoms with E-state index in [0.717, 1.165) is 11.4 Å². The average Bonchev–Trinajstić information content (AvgIpc) is 3.61. The van der Waals surface area contributed by atoms with Gasteiger partial charge in [-0.25, -0.2) is 0 Å². The summed E-state index contributed by atoms with van der Waals surface area (Å²) in [6.45, 7) is 0. The number of hydrogen-bond acceptors (Lipinski definition) is 2. The predicted octanol–water partition coefficient (Wildman–Crippen LogP) is 14.8. The van der Waals surface area contributed by atoms with Crippen LogP contribution in [0.15, 0.2) is 200 Å². The van der Waals surface area contributed by atoms with Gasteiger partial charge in [0.15, 0.2) is 0 Å². The zero-order valence-corrected chi connectivity index (χ0v) is 29.2. The number of benzene rings is 9. The monoisotopic (exact) mass is 679 g/mol. The molecule has 1 nitrogen and oxygen atoms in total. The van der Waals surface area contributed by atoms with Gasteiger partial charge < -0.3 is 4.90 Å². The molecule has 0 atom stereocenters. The summed E-state index contributed by atoms with van der Waals surface area (Å²) in [5, 5.41) is 7.60. The van der Waals surface area contributed by atoms with Crippen LogP contribution >= 0.6 is 11.3 Å². The minimum atomic E-state index is 1.12. The molecular formula is C50H33NS. The summed E-state index contributed by atoms with van der Waals surface area (Å²) >= 11 is 1.87. The van der Waals surface area contributed by atoms with Crippen LogP contribution in [0, 0.1) is 0 Å². The Morgan fingerprint density at radius 3 is 1.52 bits per heavy atom. The Kier molecular flexibility index (Phi) is 7.41. The third-order valence-electron chi connectivity index (χ3n) is 10.3. The van der Waals surface area contributed by atoms with Crippen molar-refractivity contribution in [1.82, 2.24) is 0 Å². The second-order valence-electron chi connectivity index (χ2n) is 13.3. The Hall–Kier alpha value is -6.48. The number of hydrogen-bond donors (Lipinski definition) is 0. The summed E-state index contributed by atoms with van der Waals surface area (Å²) in [6, 6.07) is 72.9. The van der Waals surface area contributed by atoms with Gasteiger partial charge in [0.2, 0.25) is 0 Å². The lowest BCUT2D eigenvalue weighted by molar-refractivity contribution is 1.30. The quantitative estimate of drug-likeness (QED) is 0.169. The van der Waals surface area contributed by atoms with E-state index in [4.69, 9.17) is 0 Å². The molecule has 1 aromatic heterocycles. The molecule has 10 rings (SSSR count). The number of anilines is 3.